The van der Waals surface area contributed by atoms with Crippen LogP contribution < -0.4 is 19.9 Å². The first-order chi connectivity index (χ1) is 15.2. The van der Waals surface area contributed by atoms with E-state index in [2.05, 4.69) is 18.6 Å². The van der Waals surface area contributed by atoms with Crippen LogP contribution in [0.3, 0.4) is 0 Å². The van der Waals surface area contributed by atoms with Gasteiger partial charge in [-0.05, 0) is 55.2 Å². The van der Waals surface area contributed by atoms with E-state index in [1.165, 1.54) is 0 Å². The third kappa shape index (κ3) is 9.96. The van der Waals surface area contributed by atoms with Gasteiger partial charge in [0.2, 0.25) is 10.0 Å². The second kappa shape index (κ2) is 14.3. The van der Waals surface area contributed by atoms with Gasteiger partial charge in [-0.25, -0.2) is 13.1 Å². The van der Waals surface area contributed by atoms with Crippen LogP contribution in [-0.4, -0.2) is 64.9 Å². The zero-order valence-corrected chi connectivity index (χ0v) is 21.8. The van der Waals surface area contributed by atoms with Crippen LogP contribution in [0.4, 0.5) is 0 Å². The Kier molecular flexibility index (Phi) is 13.0. The van der Waals surface area contributed by atoms with Crippen LogP contribution in [0.2, 0.25) is 0 Å². The molecule has 0 saturated heterocycles. The van der Waals surface area contributed by atoms with Crippen molar-refractivity contribution in [2.75, 3.05) is 34.0 Å². The molecule has 10 heteroatoms. The van der Waals surface area contributed by atoms with E-state index in [1.54, 1.807) is 14.2 Å². The second-order valence-corrected chi connectivity index (χ2v) is 11.0. The number of halogens is 1. The van der Waals surface area contributed by atoms with E-state index in [4.69, 9.17) is 19.9 Å². The SMILES string of the molecule is COCCCOc1cc(CC(CC(N)C(O)CNS(=O)(=O)C2CC2)C(C)C)ccc1OC.Cl. The highest BCUT2D eigenvalue weighted by atomic mass is 35.5. The maximum Gasteiger partial charge on any atom is 0.214 e. The summed E-state index contributed by atoms with van der Waals surface area (Å²) in [4.78, 5) is 0. The van der Waals surface area contributed by atoms with Crippen molar-refractivity contribution in [1.82, 2.24) is 4.72 Å². The highest BCUT2D eigenvalue weighted by Crippen LogP contribution is 2.31. The first kappa shape index (κ1) is 29.9. The molecule has 33 heavy (non-hydrogen) atoms. The summed E-state index contributed by atoms with van der Waals surface area (Å²) in [6.45, 7) is 5.38. The summed E-state index contributed by atoms with van der Waals surface area (Å²) in [5.74, 6) is 1.93. The van der Waals surface area contributed by atoms with Crippen molar-refractivity contribution in [1.29, 1.82) is 0 Å². The summed E-state index contributed by atoms with van der Waals surface area (Å²) in [5.41, 5.74) is 7.36. The maximum atomic E-state index is 12.0. The molecule has 4 N–H and O–H groups in total. The minimum absolute atomic E-state index is 0. The number of aliphatic hydroxyl groups is 1. The van der Waals surface area contributed by atoms with E-state index in [0.29, 0.717) is 49.9 Å². The molecule has 8 nitrogen and oxygen atoms in total. The lowest BCUT2D eigenvalue weighted by molar-refractivity contribution is 0.129. The third-order valence-corrected chi connectivity index (χ3v) is 7.86. The summed E-state index contributed by atoms with van der Waals surface area (Å²) in [6.07, 6.45) is 2.58. The Morgan fingerprint density at radius 1 is 1.18 bits per heavy atom. The normalized spacial score (nSPS) is 16.7. The number of nitrogens with two attached hydrogens (primary N) is 1. The quantitative estimate of drug-likeness (QED) is 0.293. The second-order valence-electron chi connectivity index (χ2n) is 8.95. The predicted octanol–water partition coefficient (Wildman–Crippen LogP) is 2.51. The molecule has 0 aliphatic heterocycles. The van der Waals surface area contributed by atoms with E-state index in [-0.39, 0.29) is 30.1 Å². The van der Waals surface area contributed by atoms with E-state index >= 15 is 0 Å². The Morgan fingerprint density at radius 2 is 1.88 bits per heavy atom. The monoisotopic (exact) mass is 508 g/mol. The van der Waals surface area contributed by atoms with Crippen LogP contribution in [0.25, 0.3) is 0 Å². The van der Waals surface area contributed by atoms with Crippen molar-refractivity contribution in [2.45, 2.75) is 63.3 Å². The molecule has 3 unspecified atom stereocenters. The maximum absolute atomic E-state index is 12.0. The fraction of sp³-hybridized carbons (Fsp3) is 0.739. The highest BCUT2D eigenvalue weighted by molar-refractivity contribution is 7.90. The lowest BCUT2D eigenvalue weighted by Crippen LogP contribution is -2.45. The van der Waals surface area contributed by atoms with Gasteiger partial charge in [0.15, 0.2) is 11.5 Å². The molecule has 2 rings (SSSR count). The molecule has 0 spiro atoms. The van der Waals surface area contributed by atoms with Crippen molar-refractivity contribution < 1.29 is 27.7 Å². The Hall–Kier alpha value is -1.10. The molecule has 0 radical (unpaired) electrons. The molecule has 1 aliphatic carbocycles. The van der Waals surface area contributed by atoms with Gasteiger partial charge >= 0.3 is 0 Å². The molecule has 1 aliphatic rings. The number of rotatable bonds is 16. The van der Waals surface area contributed by atoms with Crippen molar-refractivity contribution in [3.05, 3.63) is 23.8 Å². The van der Waals surface area contributed by atoms with Gasteiger partial charge in [-0.15, -0.1) is 12.4 Å². The number of hydrogen-bond donors (Lipinski definition) is 3. The number of aliphatic hydroxyl groups excluding tert-OH is 1. The molecule has 0 amide bonds. The first-order valence-corrected chi connectivity index (χ1v) is 12.9. The number of nitrogens with one attached hydrogen (secondary N) is 1. The number of ether oxygens (including phenoxy) is 3. The molecule has 0 aromatic heterocycles. The zero-order chi connectivity index (χ0) is 23.7. The molecule has 3 atom stereocenters. The van der Waals surface area contributed by atoms with Crippen LogP contribution in [0.1, 0.15) is 45.1 Å². The van der Waals surface area contributed by atoms with Crippen LogP contribution in [0.15, 0.2) is 18.2 Å². The standard InChI is InChI=1S/C23H40N2O6S.ClH/c1-16(2)18(14-20(24)21(26)15-25-32(27,28)19-7-8-19)12-17-6-9-22(30-4)23(13-17)31-11-5-10-29-3;/h6,9,13,16,18-21,25-26H,5,7-8,10-12,14-15,24H2,1-4H3;1H. The Morgan fingerprint density at radius 3 is 2.45 bits per heavy atom. The smallest absolute Gasteiger partial charge is 0.214 e. The molecule has 1 aromatic carbocycles. The number of hydrogen-bond acceptors (Lipinski definition) is 7. The van der Waals surface area contributed by atoms with Crippen molar-refractivity contribution in [2.24, 2.45) is 17.6 Å². The largest absolute Gasteiger partial charge is 0.493 e. The number of methoxy groups -OCH3 is 2. The fourth-order valence-corrected chi connectivity index (χ4v) is 4.99. The van der Waals surface area contributed by atoms with Crippen LogP contribution in [0.5, 0.6) is 11.5 Å². The van der Waals surface area contributed by atoms with Crippen LogP contribution in [0, 0.1) is 11.8 Å². The lowest BCUT2D eigenvalue weighted by atomic mass is 9.83. The van der Waals surface area contributed by atoms with Crippen molar-refractivity contribution >= 4 is 22.4 Å². The van der Waals surface area contributed by atoms with E-state index < -0.39 is 22.2 Å². The molecule has 1 saturated carbocycles. The highest BCUT2D eigenvalue weighted by Gasteiger charge is 2.36. The molecule has 1 aromatic rings. The van der Waals surface area contributed by atoms with Gasteiger partial charge in [0.25, 0.3) is 0 Å². The number of sulfonamides is 1. The molecule has 0 bridgehead atoms. The topological polar surface area (TPSA) is 120 Å². The molecule has 192 valence electrons. The Labute approximate surface area is 205 Å². The minimum Gasteiger partial charge on any atom is -0.493 e. The van der Waals surface area contributed by atoms with E-state index in [0.717, 1.165) is 18.4 Å². The van der Waals surface area contributed by atoms with Gasteiger partial charge in [0.1, 0.15) is 0 Å². The minimum atomic E-state index is -3.33. The van der Waals surface area contributed by atoms with Gasteiger partial charge < -0.3 is 25.1 Å². The summed E-state index contributed by atoms with van der Waals surface area (Å²) in [6, 6.07) is 5.39. The summed E-state index contributed by atoms with van der Waals surface area (Å²) in [7, 11) is -0.0505. The van der Waals surface area contributed by atoms with E-state index in [9.17, 15) is 13.5 Å². The summed E-state index contributed by atoms with van der Waals surface area (Å²) in [5, 5.41) is 10.1. The number of benzene rings is 1. The Bertz CT molecular complexity index is 804. The van der Waals surface area contributed by atoms with Crippen molar-refractivity contribution in [3.63, 3.8) is 0 Å². The summed E-state index contributed by atoms with van der Waals surface area (Å²) >= 11 is 0. The Balaban J connectivity index is 0.00000544. The van der Waals surface area contributed by atoms with Gasteiger partial charge in [0.05, 0.1) is 25.1 Å². The lowest BCUT2D eigenvalue weighted by Gasteiger charge is -2.27. The first-order valence-electron chi connectivity index (χ1n) is 11.4. The van der Waals surface area contributed by atoms with Crippen LogP contribution >= 0.6 is 12.4 Å². The zero-order valence-electron chi connectivity index (χ0n) is 20.2. The molecular formula is C23H41ClN2O6S. The molecular weight excluding hydrogens is 468 g/mol. The molecule has 1 fully saturated rings. The summed E-state index contributed by atoms with van der Waals surface area (Å²) < 4.78 is 42.9. The van der Waals surface area contributed by atoms with Gasteiger partial charge in [-0.2, -0.15) is 0 Å². The average molecular weight is 509 g/mol. The van der Waals surface area contributed by atoms with Gasteiger partial charge in [0, 0.05) is 32.7 Å². The molecule has 0 heterocycles. The van der Waals surface area contributed by atoms with Crippen molar-refractivity contribution in [3.8, 4) is 11.5 Å². The van der Waals surface area contributed by atoms with Gasteiger partial charge in [-0.1, -0.05) is 19.9 Å². The predicted molar refractivity (Wildman–Crippen MR) is 133 cm³/mol. The van der Waals surface area contributed by atoms with Gasteiger partial charge in [-0.3, -0.25) is 0 Å². The van der Waals surface area contributed by atoms with E-state index in [1.807, 2.05) is 18.2 Å². The average Bonchev–Trinajstić information content (AvgIpc) is 3.61. The fourth-order valence-electron chi connectivity index (χ4n) is 3.60. The van der Waals surface area contributed by atoms with Crippen LogP contribution in [-0.2, 0) is 21.2 Å². The third-order valence-electron chi connectivity index (χ3n) is 5.95.